The van der Waals surface area contributed by atoms with E-state index in [1.807, 2.05) is 6.92 Å². The van der Waals surface area contributed by atoms with E-state index < -0.39 is 12.0 Å². The van der Waals surface area contributed by atoms with Crippen LogP contribution in [0.25, 0.3) is 0 Å². The average Bonchev–Trinajstić information content (AvgIpc) is 2.11. The molecule has 0 aromatic rings. The predicted octanol–water partition coefficient (Wildman–Crippen LogP) is 1.38. The fourth-order valence-electron chi connectivity index (χ4n) is 0.899. The number of Topliss-reactive ketones (excluding diaryl/α,β-unsaturated/α-hetero) is 1. The number of aliphatic hydroxyl groups is 1. The number of hydrogen-bond acceptors (Lipinski definition) is 2. The number of hydrogen-bond donors (Lipinski definition) is 1. The van der Waals surface area contributed by atoms with Crippen LogP contribution < -0.4 is 0 Å². The van der Waals surface area contributed by atoms with Gasteiger partial charge in [-0.15, -0.1) is 6.42 Å². The molecule has 0 aliphatic rings. The third-order valence-corrected chi connectivity index (χ3v) is 1.93. The van der Waals surface area contributed by atoms with Crippen LogP contribution in [0.2, 0.25) is 0 Å². The van der Waals surface area contributed by atoms with Crippen molar-refractivity contribution in [3.05, 3.63) is 0 Å². The van der Waals surface area contributed by atoms with Crippen molar-refractivity contribution in [1.82, 2.24) is 0 Å². The molecular formula is C10H16O2. The van der Waals surface area contributed by atoms with Crippen LogP contribution in [0.3, 0.4) is 0 Å². The number of unbranched alkanes of at least 4 members (excludes halogenated alkanes) is 1. The highest BCUT2D eigenvalue weighted by atomic mass is 16.3. The second-order valence-corrected chi connectivity index (χ2v) is 2.97. The van der Waals surface area contributed by atoms with Crippen LogP contribution in [-0.2, 0) is 4.79 Å². The van der Waals surface area contributed by atoms with E-state index >= 15 is 0 Å². The minimum absolute atomic E-state index is 0.0577. The normalized spacial score (nSPS) is 14.8. The predicted molar refractivity (Wildman–Crippen MR) is 48.5 cm³/mol. The zero-order valence-electron chi connectivity index (χ0n) is 7.71. The molecule has 68 valence electrons. The van der Waals surface area contributed by atoms with Crippen LogP contribution >= 0.6 is 0 Å². The molecular weight excluding hydrogens is 152 g/mol. The molecule has 0 aliphatic carbocycles. The van der Waals surface area contributed by atoms with E-state index in [9.17, 15) is 4.79 Å². The van der Waals surface area contributed by atoms with E-state index in [4.69, 9.17) is 11.5 Å². The van der Waals surface area contributed by atoms with Gasteiger partial charge in [0.05, 0.1) is 5.92 Å². The maximum absolute atomic E-state index is 11.2. The fraction of sp³-hybridized carbons (Fsp3) is 0.700. The molecule has 0 aromatic carbocycles. The van der Waals surface area contributed by atoms with Crippen molar-refractivity contribution in [1.29, 1.82) is 0 Å². The first-order valence-electron chi connectivity index (χ1n) is 4.30. The smallest absolute Gasteiger partial charge is 0.139 e. The highest BCUT2D eigenvalue weighted by Crippen LogP contribution is 2.08. The summed E-state index contributed by atoms with van der Waals surface area (Å²) in [6.07, 6.45) is 6.46. The van der Waals surface area contributed by atoms with E-state index in [0.29, 0.717) is 6.42 Å². The molecule has 0 heterocycles. The summed E-state index contributed by atoms with van der Waals surface area (Å²) < 4.78 is 0. The first-order valence-corrected chi connectivity index (χ1v) is 4.30. The van der Waals surface area contributed by atoms with Gasteiger partial charge in [-0.05, 0) is 6.42 Å². The molecule has 0 saturated carbocycles. The first kappa shape index (κ1) is 11.2. The zero-order chi connectivity index (χ0) is 9.56. The van der Waals surface area contributed by atoms with Crippen molar-refractivity contribution in [2.24, 2.45) is 5.92 Å². The van der Waals surface area contributed by atoms with Gasteiger partial charge in [0.2, 0.25) is 0 Å². The Kier molecular flexibility index (Phi) is 5.40. The first-order chi connectivity index (χ1) is 5.63. The van der Waals surface area contributed by atoms with E-state index in [1.165, 1.54) is 0 Å². The Morgan fingerprint density at radius 1 is 1.67 bits per heavy atom. The molecule has 0 aromatic heterocycles. The molecule has 0 amide bonds. The minimum Gasteiger partial charge on any atom is -0.380 e. The van der Waals surface area contributed by atoms with E-state index in [1.54, 1.807) is 6.92 Å². The van der Waals surface area contributed by atoms with E-state index in [2.05, 4.69) is 5.92 Å². The number of terminal acetylenes is 1. The Bertz CT molecular complexity index is 179. The summed E-state index contributed by atoms with van der Waals surface area (Å²) in [7, 11) is 0. The molecule has 0 rings (SSSR count). The van der Waals surface area contributed by atoms with Gasteiger partial charge in [-0.25, -0.2) is 0 Å². The Hall–Kier alpha value is -0.810. The Morgan fingerprint density at radius 2 is 2.25 bits per heavy atom. The van der Waals surface area contributed by atoms with E-state index in [-0.39, 0.29) is 5.78 Å². The van der Waals surface area contributed by atoms with E-state index in [0.717, 1.165) is 12.8 Å². The maximum Gasteiger partial charge on any atom is 0.139 e. The van der Waals surface area contributed by atoms with Gasteiger partial charge in [-0.2, -0.15) is 0 Å². The molecule has 0 spiro atoms. The van der Waals surface area contributed by atoms with Crippen LogP contribution in [0.5, 0.6) is 0 Å². The highest BCUT2D eigenvalue weighted by Gasteiger charge is 2.18. The summed E-state index contributed by atoms with van der Waals surface area (Å²) in [5, 5.41) is 9.14. The maximum atomic E-state index is 11.2. The van der Waals surface area contributed by atoms with Gasteiger partial charge in [-0.3, -0.25) is 4.79 Å². The number of ketones is 1. The number of carbonyl (C=O) groups is 1. The van der Waals surface area contributed by atoms with Crippen LogP contribution in [0.1, 0.15) is 33.1 Å². The molecule has 2 nitrogen and oxygen atoms in total. The molecule has 0 fully saturated rings. The molecule has 2 atom stereocenters. The van der Waals surface area contributed by atoms with Crippen molar-refractivity contribution in [3.8, 4) is 12.3 Å². The quantitative estimate of drug-likeness (QED) is 0.630. The molecule has 0 radical (unpaired) electrons. The van der Waals surface area contributed by atoms with Gasteiger partial charge in [0.15, 0.2) is 0 Å². The van der Waals surface area contributed by atoms with Crippen LogP contribution in [-0.4, -0.2) is 17.0 Å². The topological polar surface area (TPSA) is 37.3 Å². The van der Waals surface area contributed by atoms with Crippen molar-refractivity contribution in [3.63, 3.8) is 0 Å². The molecule has 0 unspecified atom stereocenters. The third-order valence-electron chi connectivity index (χ3n) is 1.93. The summed E-state index contributed by atoms with van der Waals surface area (Å²) in [5.41, 5.74) is 0. The summed E-state index contributed by atoms with van der Waals surface area (Å²) in [6.45, 7) is 3.69. The second kappa shape index (κ2) is 5.79. The SMILES string of the molecule is C#C[C@H](O)[C@H](C)C(=O)CCCC. The Labute approximate surface area is 74.0 Å². The van der Waals surface area contributed by atoms with Crippen LogP contribution in [0.15, 0.2) is 0 Å². The third kappa shape index (κ3) is 3.54. The lowest BCUT2D eigenvalue weighted by molar-refractivity contribution is -0.124. The number of carbonyl (C=O) groups excluding carboxylic acids is 1. The van der Waals surface area contributed by atoms with Gasteiger partial charge in [-0.1, -0.05) is 26.2 Å². The fourth-order valence-corrected chi connectivity index (χ4v) is 0.899. The standard InChI is InChI=1S/C10H16O2/c1-4-6-7-10(12)8(3)9(11)5-2/h2,8-9,11H,4,6-7H2,1,3H3/t8-,9-/m0/s1. The van der Waals surface area contributed by atoms with Gasteiger partial charge < -0.3 is 5.11 Å². The lowest BCUT2D eigenvalue weighted by Crippen LogP contribution is -2.23. The molecule has 12 heavy (non-hydrogen) atoms. The zero-order valence-corrected chi connectivity index (χ0v) is 7.71. The van der Waals surface area contributed by atoms with Gasteiger partial charge >= 0.3 is 0 Å². The van der Waals surface area contributed by atoms with Gasteiger partial charge in [0.25, 0.3) is 0 Å². The number of rotatable bonds is 5. The molecule has 0 bridgehead atoms. The molecule has 0 aliphatic heterocycles. The molecule has 2 heteroatoms. The molecule has 0 saturated heterocycles. The summed E-state index contributed by atoms with van der Waals surface area (Å²) in [4.78, 5) is 11.2. The minimum atomic E-state index is -0.922. The summed E-state index contributed by atoms with van der Waals surface area (Å²) >= 11 is 0. The monoisotopic (exact) mass is 168 g/mol. The summed E-state index contributed by atoms with van der Waals surface area (Å²) in [6, 6.07) is 0. The molecule has 1 N–H and O–H groups in total. The van der Waals surface area contributed by atoms with Crippen LogP contribution in [0.4, 0.5) is 0 Å². The van der Waals surface area contributed by atoms with Gasteiger partial charge in [0.1, 0.15) is 11.9 Å². The van der Waals surface area contributed by atoms with Crippen molar-refractivity contribution in [2.75, 3.05) is 0 Å². The highest BCUT2D eigenvalue weighted by molar-refractivity contribution is 5.81. The average molecular weight is 168 g/mol. The Balaban J connectivity index is 3.86. The van der Waals surface area contributed by atoms with Gasteiger partial charge in [0, 0.05) is 6.42 Å². The Morgan fingerprint density at radius 3 is 2.67 bits per heavy atom. The van der Waals surface area contributed by atoms with Crippen molar-refractivity contribution in [2.45, 2.75) is 39.2 Å². The van der Waals surface area contributed by atoms with Crippen LogP contribution in [0, 0.1) is 18.3 Å². The number of aliphatic hydroxyl groups excluding tert-OH is 1. The van der Waals surface area contributed by atoms with Crippen molar-refractivity contribution < 1.29 is 9.90 Å². The van der Waals surface area contributed by atoms with Crippen molar-refractivity contribution >= 4 is 5.78 Å². The summed E-state index contributed by atoms with van der Waals surface area (Å²) in [5.74, 6) is 1.80. The largest absolute Gasteiger partial charge is 0.380 e. The lowest BCUT2D eigenvalue weighted by atomic mass is 9.96. The lowest BCUT2D eigenvalue weighted by Gasteiger charge is -2.11. The second-order valence-electron chi connectivity index (χ2n) is 2.97.